The van der Waals surface area contributed by atoms with Crippen LogP contribution in [0, 0.1) is 11.3 Å². The second-order valence-electron chi connectivity index (χ2n) is 6.19. The summed E-state index contributed by atoms with van der Waals surface area (Å²) in [6.45, 7) is 7.47. The van der Waals surface area contributed by atoms with Gasteiger partial charge in [-0.15, -0.1) is 0 Å². The highest BCUT2D eigenvalue weighted by molar-refractivity contribution is 5.63. The number of nitrogens with two attached hydrogens (primary N) is 1. The van der Waals surface area contributed by atoms with Crippen LogP contribution in [0.15, 0.2) is 18.3 Å². The van der Waals surface area contributed by atoms with E-state index in [0.29, 0.717) is 11.3 Å². The first-order valence-corrected chi connectivity index (χ1v) is 7.22. The van der Waals surface area contributed by atoms with Gasteiger partial charge in [0.25, 0.3) is 6.43 Å². The van der Waals surface area contributed by atoms with Gasteiger partial charge in [0.2, 0.25) is 0 Å². The number of halogens is 2. The molecule has 0 fully saturated rings. The molecule has 0 unspecified atom stereocenters. The van der Waals surface area contributed by atoms with Crippen molar-refractivity contribution in [2.45, 2.75) is 45.6 Å². The van der Waals surface area contributed by atoms with Crippen molar-refractivity contribution in [1.29, 1.82) is 5.26 Å². The quantitative estimate of drug-likeness (QED) is 0.928. The van der Waals surface area contributed by atoms with Gasteiger partial charge < -0.3 is 5.73 Å². The topological polar surface area (TPSA) is 80.5 Å². The minimum atomic E-state index is -2.70. The molecule has 0 saturated carbocycles. The van der Waals surface area contributed by atoms with Crippen molar-refractivity contribution < 1.29 is 8.78 Å². The van der Waals surface area contributed by atoms with E-state index in [4.69, 9.17) is 5.73 Å². The third-order valence-electron chi connectivity index (χ3n) is 3.63. The number of nitrogen functional groups attached to an aromatic ring is 1. The predicted molar refractivity (Wildman–Crippen MR) is 83.9 cm³/mol. The van der Waals surface area contributed by atoms with Crippen molar-refractivity contribution in [3.8, 4) is 17.3 Å². The molecule has 2 aromatic rings. The van der Waals surface area contributed by atoms with E-state index in [1.807, 2.05) is 13.8 Å². The zero-order valence-electron chi connectivity index (χ0n) is 13.5. The lowest BCUT2D eigenvalue weighted by Gasteiger charge is -2.19. The molecule has 0 amide bonds. The number of anilines is 1. The van der Waals surface area contributed by atoms with Gasteiger partial charge in [0.15, 0.2) is 0 Å². The number of hydrogen-bond acceptors (Lipinski definition) is 4. The Bertz CT molecular complexity index is 756. The van der Waals surface area contributed by atoms with Crippen LogP contribution >= 0.6 is 0 Å². The summed E-state index contributed by atoms with van der Waals surface area (Å²) in [6.07, 6.45) is -1.29. The second kappa shape index (κ2) is 5.95. The van der Waals surface area contributed by atoms with Gasteiger partial charge in [0.1, 0.15) is 5.82 Å². The van der Waals surface area contributed by atoms with Crippen molar-refractivity contribution in [1.82, 2.24) is 14.8 Å². The Morgan fingerprint density at radius 2 is 1.96 bits per heavy atom. The number of hydrogen-bond donors (Lipinski definition) is 1. The third-order valence-corrected chi connectivity index (χ3v) is 3.63. The van der Waals surface area contributed by atoms with E-state index in [9.17, 15) is 14.0 Å². The Morgan fingerprint density at radius 1 is 1.30 bits per heavy atom. The van der Waals surface area contributed by atoms with Crippen molar-refractivity contribution in [3.63, 3.8) is 0 Å². The zero-order chi connectivity index (χ0) is 17.4. The first kappa shape index (κ1) is 16.9. The van der Waals surface area contributed by atoms with E-state index in [0.717, 1.165) is 5.69 Å². The number of nitriles is 1. The SMILES string of the molecule is CC(C)n1nc(-c2cnc(N)c(C(F)F)c2)cc1C(C)(C)C#N. The largest absolute Gasteiger partial charge is 0.383 e. The van der Waals surface area contributed by atoms with Crippen molar-refractivity contribution in [2.24, 2.45) is 0 Å². The molecule has 2 N–H and O–H groups in total. The van der Waals surface area contributed by atoms with E-state index < -0.39 is 11.8 Å². The molecule has 2 heterocycles. The van der Waals surface area contributed by atoms with Crippen molar-refractivity contribution in [2.75, 3.05) is 5.73 Å². The predicted octanol–water partition coefficient (Wildman–Crippen LogP) is 3.85. The Hall–Kier alpha value is -2.49. The van der Waals surface area contributed by atoms with Gasteiger partial charge in [-0.1, -0.05) is 0 Å². The van der Waals surface area contributed by atoms with Crippen molar-refractivity contribution in [3.05, 3.63) is 29.6 Å². The number of pyridine rings is 1. The Kier molecular flexibility index (Phi) is 4.37. The third kappa shape index (κ3) is 3.16. The van der Waals surface area contributed by atoms with Crippen LogP contribution in [0.4, 0.5) is 14.6 Å². The van der Waals surface area contributed by atoms with Gasteiger partial charge in [0.05, 0.1) is 28.4 Å². The van der Waals surface area contributed by atoms with E-state index in [1.54, 1.807) is 24.6 Å². The molecule has 0 aliphatic heterocycles. The van der Waals surface area contributed by atoms with Gasteiger partial charge in [-0.05, 0) is 39.8 Å². The van der Waals surface area contributed by atoms with E-state index in [1.165, 1.54) is 12.3 Å². The minimum Gasteiger partial charge on any atom is -0.383 e. The van der Waals surface area contributed by atoms with Gasteiger partial charge in [-0.3, -0.25) is 4.68 Å². The van der Waals surface area contributed by atoms with Crippen LogP contribution in [-0.2, 0) is 5.41 Å². The average Bonchev–Trinajstić information content (AvgIpc) is 2.93. The fraction of sp³-hybridized carbons (Fsp3) is 0.438. The van der Waals surface area contributed by atoms with Crippen LogP contribution in [-0.4, -0.2) is 14.8 Å². The molecule has 23 heavy (non-hydrogen) atoms. The highest BCUT2D eigenvalue weighted by Gasteiger charge is 2.27. The Balaban J connectivity index is 2.60. The van der Waals surface area contributed by atoms with Crippen LogP contribution in [0.5, 0.6) is 0 Å². The molecule has 2 aromatic heterocycles. The number of aromatic nitrogens is 3. The summed E-state index contributed by atoms with van der Waals surface area (Å²) in [5, 5.41) is 13.8. The fourth-order valence-electron chi connectivity index (χ4n) is 2.26. The molecule has 0 aliphatic carbocycles. The number of rotatable bonds is 4. The molecule has 122 valence electrons. The summed E-state index contributed by atoms with van der Waals surface area (Å²) in [5.74, 6) is -0.190. The summed E-state index contributed by atoms with van der Waals surface area (Å²) in [6, 6.07) is 5.31. The molecule has 0 aliphatic rings. The summed E-state index contributed by atoms with van der Waals surface area (Å²) in [4.78, 5) is 3.83. The molecule has 2 rings (SSSR count). The lowest BCUT2D eigenvalue weighted by atomic mass is 9.90. The van der Waals surface area contributed by atoms with Gasteiger partial charge in [0, 0.05) is 17.8 Å². The molecule has 0 bridgehead atoms. The normalized spacial score (nSPS) is 12.0. The van der Waals surface area contributed by atoms with Crippen molar-refractivity contribution >= 4 is 5.82 Å². The fourth-order valence-corrected chi connectivity index (χ4v) is 2.26. The average molecular weight is 319 g/mol. The monoisotopic (exact) mass is 319 g/mol. The Morgan fingerprint density at radius 3 is 2.48 bits per heavy atom. The second-order valence-corrected chi connectivity index (χ2v) is 6.19. The van der Waals surface area contributed by atoms with E-state index >= 15 is 0 Å². The number of alkyl halides is 2. The molecule has 5 nitrogen and oxygen atoms in total. The minimum absolute atomic E-state index is 0.0303. The molecule has 0 saturated heterocycles. The lowest BCUT2D eigenvalue weighted by Crippen LogP contribution is -2.21. The van der Waals surface area contributed by atoms with Crippen LogP contribution < -0.4 is 5.73 Å². The van der Waals surface area contributed by atoms with E-state index in [-0.39, 0.29) is 17.4 Å². The molecule has 7 heteroatoms. The first-order chi connectivity index (χ1) is 10.7. The Labute approximate surface area is 133 Å². The molecule has 0 spiro atoms. The zero-order valence-corrected chi connectivity index (χ0v) is 13.5. The molecule has 0 radical (unpaired) electrons. The summed E-state index contributed by atoms with van der Waals surface area (Å²) < 4.78 is 27.7. The highest BCUT2D eigenvalue weighted by Crippen LogP contribution is 2.32. The van der Waals surface area contributed by atoms with Crippen LogP contribution in [0.1, 0.15) is 51.4 Å². The molecular weight excluding hydrogens is 300 g/mol. The number of nitrogens with zero attached hydrogens (tertiary/aromatic N) is 4. The molecule has 0 atom stereocenters. The summed E-state index contributed by atoms with van der Waals surface area (Å²) in [5.41, 5.74) is 6.08. The molecule has 0 aromatic carbocycles. The summed E-state index contributed by atoms with van der Waals surface area (Å²) >= 11 is 0. The highest BCUT2D eigenvalue weighted by atomic mass is 19.3. The summed E-state index contributed by atoms with van der Waals surface area (Å²) in [7, 11) is 0. The standard InChI is InChI=1S/C16H19F2N5/c1-9(2)23-13(16(3,4)8-19)6-12(22-23)10-5-11(14(17)18)15(20)21-7-10/h5-7,9,14H,1-4H3,(H2,20,21). The van der Waals surface area contributed by atoms with Gasteiger partial charge in [-0.2, -0.15) is 10.4 Å². The van der Waals surface area contributed by atoms with Crippen LogP contribution in [0.3, 0.4) is 0 Å². The van der Waals surface area contributed by atoms with E-state index in [2.05, 4.69) is 16.2 Å². The smallest absolute Gasteiger partial charge is 0.267 e. The first-order valence-electron chi connectivity index (χ1n) is 7.22. The van der Waals surface area contributed by atoms with Crippen LogP contribution in [0.2, 0.25) is 0 Å². The van der Waals surface area contributed by atoms with Gasteiger partial charge >= 0.3 is 0 Å². The maximum Gasteiger partial charge on any atom is 0.267 e. The lowest BCUT2D eigenvalue weighted by molar-refractivity contribution is 0.152. The van der Waals surface area contributed by atoms with Crippen LogP contribution in [0.25, 0.3) is 11.3 Å². The maximum atomic E-state index is 13.0. The molecular formula is C16H19F2N5. The van der Waals surface area contributed by atoms with Gasteiger partial charge in [-0.25, -0.2) is 13.8 Å². The maximum absolute atomic E-state index is 13.0.